The molecule has 0 aliphatic rings. The molecule has 6 aromatic heterocycles. The van der Waals surface area contributed by atoms with E-state index in [4.69, 9.17) is 59.8 Å². The standard InChI is InChI=1S/C97H54F5N15/c98-81-80(82(99)84(101)85(102)83(81)100)68-53-78(116-74-49-64(94-108-86(56-25-9-1-10-26-56)104-87(109-94)57-27-11-2-12-28-57)41-45-69(74)70-46-42-65(50-75(70)116)95-110-88(58-29-13-3-14-30-58)105-89(111-95)59-31-15-4-16-32-59)73(55-103)79(54-68)117-76-51-66(96-112-90(60-33-17-5-18-34-60)106-91(113-96)61-35-19-6-20-36-61)43-47-71(76)72-48-44-67(52-77(72)117)97-114-92(62-37-21-7-22-38-62)107-93(115-97)63-39-23-8-24-40-63/h1-54H. The Morgan fingerprint density at radius 1 is 0.197 bits per heavy atom. The van der Waals surface area contributed by atoms with Gasteiger partial charge in [0.1, 0.15) is 11.6 Å². The maximum absolute atomic E-state index is 17.6. The van der Waals surface area contributed by atoms with E-state index in [1.54, 1.807) is 9.13 Å². The summed E-state index contributed by atoms with van der Waals surface area (Å²) in [5, 5.41) is 15.1. The lowest BCUT2D eigenvalue weighted by molar-refractivity contribution is 0.381. The number of hydrogen-bond donors (Lipinski definition) is 0. The minimum atomic E-state index is -2.37. The maximum atomic E-state index is 17.6. The number of aromatic nitrogens is 14. The molecule has 6 heterocycles. The van der Waals surface area contributed by atoms with E-state index in [-0.39, 0.29) is 40.2 Å². The van der Waals surface area contributed by atoms with E-state index in [9.17, 15) is 5.26 Å². The Morgan fingerprint density at radius 2 is 0.376 bits per heavy atom. The van der Waals surface area contributed by atoms with Crippen LogP contribution in [-0.2, 0) is 0 Å². The van der Waals surface area contributed by atoms with Crippen molar-refractivity contribution >= 4 is 43.6 Å². The summed E-state index contributed by atoms with van der Waals surface area (Å²) in [6.07, 6.45) is 0. The molecule has 0 atom stereocenters. The van der Waals surface area contributed by atoms with Gasteiger partial charge in [-0.05, 0) is 42.0 Å². The van der Waals surface area contributed by atoms with Crippen LogP contribution in [0.4, 0.5) is 22.0 Å². The molecular formula is C97H54F5N15. The van der Waals surface area contributed by atoms with Gasteiger partial charge in [0.15, 0.2) is 93.2 Å². The van der Waals surface area contributed by atoms with Crippen LogP contribution in [0.2, 0.25) is 0 Å². The molecule has 20 rings (SSSR count). The Bertz CT molecular complexity index is 6340. The van der Waals surface area contributed by atoms with Crippen molar-refractivity contribution in [1.29, 1.82) is 5.26 Å². The number of nitriles is 1. The second-order valence-corrected chi connectivity index (χ2v) is 27.7. The molecule has 117 heavy (non-hydrogen) atoms. The summed E-state index contributed by atoms with van der Waals surface area (Å²) in [7, 11) is 0. The number of benzene rings is 14. The van der Waals surface area contributed by atoms with Crippen molar-refractivity contribution in [2.24, 2.45) is 0 Å². The van der Waals surface area contributed by atoms with Gasteiger partial charge in [0.2, 0.25) is 5.82 Å². The van der Waals surface area contributed by atoms with Crippen molar-refractivity contribution in [2.45, 2.75) is 0 Å². The topological polar surface area (TPSA) is 188 Å². The van der Waals surface area contributed by atoms with Gasteiger partial charge in [0.25, 0.3) is 0 Å². The van der Waals surface area contributed by atoms with Gasteiger partial charge in [-0.3, -0.25) is 0 Å². The van der Waals surface area contributed by atoms with Crippen molar-refractivity contribution in [3.05, 3.63) is 362 Å². The second kappa shape index (κ2) is 29.2. The Hall–Kier alpha value is -16.1. The molecule has 552 valence electrons. The van der Waals surface area contributed by atoms with Gasteiger partial charge < -0.3 is 9.13 Å². The first-order valence-electron chi connectivity index (χ1n) is 37.3. The molecule has 15 nitrogen and oxygen atoms in total. The molecule has 0 fully saturated rings. The first kappa shape index (κ1) is 70.0. The third-order valence-electron chi connectivity index (χ3n) is 20.6. The Labute approximate surface area is 663 Å². The number of rotatable bonds is 15. The van der Waals surface area contributed by atoms with Crippen LogP contribution in [0.5, 0.6) is 0 Å². The number of halogens is 5. The summed E-state index contributed by atoms with van der Waals surface area (Å²) in [5.74, 6) is -7.10. The Kier molecular flexibility index (Phi) is 17.5. The fourth-order valence-electron chi connectivity index (χ4n) is 14.9. The van der Waals surface area contributed by atoms with Gasteiger partial charge in [-0.1, -0.05) is 291 Å². The summed E-state index contributed by atoms with van der Waals surface area (Å²) < 4.78 is 87.3. The highest BCUT2D eigenvalue weighted by molar-refractivity contribution is 6.13. The lowest BCUT2D eigenvalue weighted by atomic mass is 9.98. The third-order valence-corrected chi connectivity index (χ3v) is 20.6. The van der Waals surface area contributed by atoms with Crippen LogP contribution in [0.3, 0.4) is 0 Å². The highest BCUT2D eigenvalue weighted by Crippen LogP contribution is 2.46. The SMILES string of the molecule is N#Cc1c(-n2c3cc(-c4nc(-c5ccccc5)nc(-c5ccccc5)n4)ccc3c3ccc(-c4nc(-c5ccccc5)nc(-c5ccccc5)n4)cc32)cc(-c2c(F)c(F)c(F)c(F)c2F)cc1-n1c2cc(-c3nc(-c4ccccc4)nc(-c4ccccc4)n3)ccc2c2ccc(-c3nc(-c4ccccc4)nc(-c4ccccc4)n3)cc21. The van der Waals surface area contributed by atoms with Gasteiger partial charge in [0, 0.05) is 88.3 Å². The predicted molar refractivity (Wildman–Crippen MR) is 444 cm³/mol. The summed E-state index contributed by atoms with van der Waals surface area (Å²) in [6, 6.07) is 103. The highest BCUT2D eigenvalue weighted by atomic mass is 19.2. The molecule has 0 aliphatic heterocycles. The van der Waals surface area contributed by atoms with Crippen LogP contribution >= 0.6 is 0 Å². The fourth-order valence-corrected chi connectivity index (χ4v) is 14.9. The van der Waals surface area contributed by atoms with Crippen molar-refractivity contribution in [3.63, 3.8) is 0 Å². The normalized spacial score (nSPS) is 11.5. The van der Waals surface area contributed by atoms with Gasteiger partial charge in [-0.15, -0.1) is 0 Å². The molecule has 0 aliphatic carbocycles. The van der Waals surface area contributed by atoms with Crippen molar-refractivity contribution < 1.29 is 22.0 Å². The van der Waals surface area contributed by atoms with E-state index >= 15 is 22.0 Å². The predicted octanol–water partition coefficient (Wildman–Crippen LogP) is 22.9. The van der Waals surface area contributed by atoms with Crippen LogP contribution in [0, 0.1) is 40.4 Å². The van der Waals surface area contributed by atoms with Gasteiger partial charge in [-0.25, -0.2) is 81.8 Å². The Morgan fingerprint density at radius 3 is 0.564 bits per heavy atom. The van der Waals surface area contributed by atoms with Gasteiger partial charge >= 0.3 is 0 Å². The van der Waals surface area contributed by atoms with Gasteiger partial charge in [0.05, 0.1) is 39.0 Å². The average Bonchev–Trinajstić information content (AvgIpc) is 1.65. The molecule has 20 aromatic rings. The van der Waals surface area contributed by atoms with Crippen LogP contribution < -0.4 is 0 Å². The number of hydrogen-bond acceptors (Lipinski definition) is 13. The van der Waals surface area contributed by atoms with E-state index < -0.39 is 40.2 Å². The van der Waals surface area contributed by atoms with Crippen molar-refractivity contribution in [2.75, 3.05) is 0 Å². The third kappa shape index (κ3) is 12.8. The maximum Gasteiger partial charge on any atom is 0.200 e. The first-order chi connectivity index (χ1) is 57.5. The average molecular weight is 1520 g/mol. The zero-order chi connectivity index (χ0) is 78.8. The lowest BCUT2D eigenvalue weighted by Gasteiger charge is -2.19. The minimum Gasteiger partial charge on any atom is -0.308 e. The molecule has 14 aromatic carbocycles. The molecule has 0 radical (unpaired) electrons. The highest BCUT2D eigenvalue weighted by Gasteiger charge is 2.32. The van der Waals surface area contributed by atoms with Crippen molar-refractivity contribution in [1.82, 2.24) is 68.9 Å². The van der Waals surface area contributed by atoms with Crippen LogP contribution in [-0.4, -0.2) is 68.9 Å². The molecule has 0 spiro atoms. The van der Waals surface area contributed by atoms with E-state index in [0.717, 1.165) is 0 Å². The minimum absolute atomic E-state index is 0.0725. The molecule has 0 amide bonds. The van der Waals surface area contributed by atoms with E-state index in [1.165, 1.54) is 12.1 Å². The Balaban J connectivity index is 0.914. The number of nitrogens with zero attached hydrogens (tertiary/aromatic N) is 15. The molecule has 0 N–H and O–H groups in total. The smallest absolute Gasteiger partial charge is 0.200 e. The molecule has 0 saturated carbocycles. The first-order valence-corrected chi connectivity index (χ1v) is 37.3. The molecule has 0 saturated heterocycles. The van der Waals surface area contributed by atoms with Crippen molar-refractivity contribution in [3.8, 4) is 165 Å². The zero-order valence-electron chi connectivity index (χ0n) is 61.3. The largest absolute Gasteiger partial charge is 0.308 e. The van der Waals surface area contributed by atoms with Crippen LogP contribution in [0.1, 0.15) is 5.56 Å². The lowest BCUT2D eigenvalue weighted by Crippen LogP contribution is -2.08. The second-order valence-electron chi connectivity index (χ2n) is 27.7. The van der Waals surface area contributed by atoms with E-state index in [1.807, 2.05) is 315 Å². The van der Waals surface area contributed by atoms with Crippen LogP contribution in [0.15, 0.2) is 328 Å². The molecule has 0 unspecified atom stereocenters. The van der Waals surface area contributed by atoms with Crippen LogP contribution in [0.25, 0.3) is 203 Å². The fraction of sp³-hybridized carbons (Fsp3) is 0. The summed E-state index contributed by atoms with van der Waals surface area (Å²) in [6.45, 7) is 0. The monoisotopic (exact) mass is 1520 g/mol. The van der Waals surface area contributed by atoms with E-state index in [0.29, 0.717) is 157 Å². The molecule has 20 heteroatoms. The van der Waals surface area contributed by atoms with E-state index in [2.05, 4.69) is 6.07 Å². The zero-order valence-corrected chi connectivity index (χ0v) is 61.3. The summed E-state index contributed by atoms with van der Waals surface area (Å²) >= 11 is 0. The number of fused-ring (bicyclic) bond motifs is 6. The molecular weight excluding hydrogens is 1470 g/mol. The summed E-state index contributed by atoms with van der Waals surface area (Å²) in [5.41, 5.74) is 6.94. The quantitative estimate of drug-likeness (QED) is 0.0536. The van der Waals surface area contributed by atoms with Gasteiger partial charge in [-0.2, -0.15) is 5.26 Å². The molecule has 0 bridgehead atoms. The summed E-state index contributed by atoms with van der Waals surface area (Å²) in [4.78, 5) is 61.1.